The van der Waals surface area contributed by atoms with Gasteiger partial charge in [-0.25, -0.2) is 18.4 Å². The van der Waals surface area contributed by atoms with Crippen molar-refractivity contribution < 1.29 is 18.4 Å². The first-order valence-electron chi connectivity index (χ1n) is 9.71. The molecule has 0 bridgehead atoms. The van der Waals surface area contributed by atoms with Crippen LogP contribution in [0.5, 0.6) is 0 Å². The number of imidazole rings is 1. The van der Waals surface area contributed by atoms with Crippen LogP contribution in [0.1, 0.15) is 33.1 Å². The predicted molar refractivity (Wildman–Crippen MR) is 105 cm³/mol. The Balaban J connectivity index is 1.43. The zero-order valence-corrected chi connectivity index (χ0v) is 16.8. The lowest BCUT2D eigenvalue weighted by Crippen LogP contribution is -2.40. The summed E-state index contributed by atoms with van der Waals surface area (Å²) in [4.78, 5) is 30.1. The van der Waals surface area contributed by atoms with Gasteiger partial charge in [0.05, 0.1) is 25.3 Å². The fourth-order valence-electron chi connectivity index (χ4n) is 3.58. The molecule has 0 spiro atoms. The molecule has 2 aromatic heterocycles. The highest BCUT2D eigenvalue weighted by Gasteiger charge is 2.48. The minimum Gasteiger partial charge on any atom is -0.347 e. The average Bonchev–Trinajstić information content (AvgIpc) is 3.45. The summed E-state index contributed by atoms with van der Waals surface area (Å²) in [7, 11) is 1.63. The SMILES string of the molecule is Cn1ccnc1C(=O)N1CC(F)(F)C[C@H]1Cn1cc(C(=O)NCc2ccccc2)nn1. The van der Waals surface area contributed by atoms with Gasteiger partial charge >= 0.3 is 0 Å². The van der Waals surface area contributed by atoms with Crippen LogP contribution in [0, 0.1) is 0 Å². The molecular weight excluding hydrogens is 408 g/mol. The van der Waals surface area contributed by atoms with Crippen molar-refractivity contribution in [3.05, 3.63) is 66.0 Å². The number of nitrogens with zero attached hydrogens (tertiary/aromatic N) is 6. The molecule has 1 aliphatic rings. The molecule has 3 aromatic rings. The van der Waals surface area contributed by atoms with E-state index in [0.717, 1.165) is 10.5 Å². The van der Waals surface area contributed by atoms with Crippen LogP contribution in [0.15, 0.2) is 48.9 Å². The Kier molecular flexibility index (Phi) is 5.49. The van der Waals surface area contributed by atoms with Crippen LogP contribution >= 0.6 is 0 Å². The first-order valence-corrected chi connectivity index (χ1v) is 9.71. The van der Waals surface area contributed by atoms with Crippen LogP contribution in [-0.2, 0) is 20.1 Å². The van der Waals surface area contributed by atoms with E-state index in [-0.39, 0.29) is 18.1 Å². The minimum atomic E-state index is -3.01. The van der Waals surface area contributed by atoms with E-state index in [2.05, 4.69) is 20.6 Å². The molecule has 0 radical (unpaired) electrons. The molecule has 9 nitrogen and oxygen atoms in total. The summed E-state index contributed by atoms with van der Waals surface area (Å²) in [6, 6.07) is 8.57. The van der Waals surface area contributed by atoms with Crippen molar-refractivity contribution in [1.29, 1.82) is 0 Å². The Bertz CT molecular complexity index is 1080. The maximum absolute atomic E-state index is 14.1. The molecule has 4 rings (SSSR count). The molecule has 3 heterocycles. The maximum Gasteiger partial charge on any atom is 0.290 e. The third kappa shape index (κ3) is 4.60. The summed E-state index contributed by atoms with van der Waals surface area (Å²) in [5.74, 6) is -3.92. The second-order valence-corrected chi connectivity index (χ2v) is 7.50. The van der Waals surface area contributed by atoms with Gasteiger partial charge in [0.25, 0.3) is 17.7 Å². The van der Waals surface area contributed by atoms with Gasteiger partial charge in [-0.15, -0.1) is 5.10 Å². The van der Waals surface area contributed by atoms with Crippen LogP contribution in [-0.4, -0.2) is 59.8 Å². The number of carbonyl (C=O) groups excluding carboxylic acids is 2. The van der Waals surface area contributed by atoms with E-state index < -0.39 is 36.7 Å². The summed E-state index contributed by atoms with van der Waals surface area (Å²) in [5, 5.41) is 10.5. The van der Waals surface area contributed by atoms with Gasteiger partial charge in [-0.3, -0.25) is 9.59 Å². The Morgan fingerprint density at radius 1 is 1.26 bits per heavy atom. The van der Waals surface area contributed by atoms with Crippen LogP contribution in [0.25, 0.3) is 0 Å². The molecule has 1 aromatic carbocycles. The number of carbonyl (C=O) groups is 2. The average molecular weight is 429 g/mol. The molecule has 1 atom stereocenters. The highest BCUT2D eigenvalue weighted by Crippen LogP contribution is 2.33. The van der Waals surface area contributed by atoms with Crippen molar-refractivity contribution in [3.63, 3.8) is 0 Å². The largest absolute Gasteiger partial charge is 0.347 e. The molecule has 11 heteroatoms. The van der Waals surface area contributed by atoms with E-state index in [9.17, 15) is 18.4 Å². The number of amides is 2. The van der Waals surface area contributed by atoms with Gasteiger partial charge < -0.3 is 14.8 Å². The standard InChI is InChI=1S/C20H21F2N7O2/c1-27-8-7-23-17(27)19(31)29-13-20(21,22)9-15(29)11-28-12-16(25-26-28)18(30)24-10-14-5-3-2-4-6-14/h2-8,12,15H,9-11,13H2,1H3,(H,24,30)/t15-/m0/s1. The lowest BCUT2D eigenvalue weighted by Gasteiger charge is -2.23. The molecular formula is C20H21F2N7O2. The van der Waals surface area contributed by atoms with E-state index in [0.29, 0.717) is 6.54 Å². The van der Waals surface area contributed by atoms with Crippen LogP contribution < -0.4 is 5.32 Å². The quantitative estimate of drug-likeness (QED) is 0.640. The minimum absolute atomic E-state index is 0.00921. The van der Waals surface area contributed by atoms with Crippen molar-refractivity contribution in [2.75, 3.05) is 6.54 Å². The van der Waals surface area contributed by atoms with Gasteiger partial charge in [0.15, 0.2) is 11.5 Å². The van der Waals surface area contributed by atoms with Crippen molar-refractivity contribution in [2.24, 2.45) is 7.05 Å². The summed E-state index contributed by atoms with van der Waals surface area (Å²) in [6.45, 7) is -0.374. The Labute approximate surface area is 176 Å². The van der Waals surface area contributed by atoms with Gasteiger partial charge in [0.2, 0.25) is 0 Å². The lowest BCUT2D eigenvalue weighted by atomic mass is 10.2. The van der Waals surface area contributed by atoms with E-state index in [1.54, 1.807) is 13.2 Å². The second-order valence-electron chi connectivity index (χ2n) is 7.50. The second kappa shape index (κ2) is 8.25. The van der Waals surface area contributed by atoms with Crippen molar-refractivity contribution in [1.82, 2.24) is 34.8 Å². The highest BCUT2D eigenvalue weighted by atomic mass is 19.3. The number of alkyl halides is 2. The summed E-state index contributed by atoms with van der Waals surface area (Å²) in [6.07, 6.45) is 3.90. The van der Waals surface area contributed by atoms with Crippen LogP contribution in [0.3, 0.4) is 0 Å². The first-order chi connectivity index (χ1) is 14.8. The van der Waals surface area contributed by atoms with Gasteiger partial charge in [0, 0.05) is 32.4 Å². The fourth-order valence-corrected chi connectivity index (χ4v) is 3.58. The normalized spacial score (nSPS) is 17.6. The van der Waals surface area contributed by atoms with Crippen LogP contribution in [0.4, 0.5) is 8.78 Å². The topological polar surface area (TPSA) is 97.9 Å². The predicted octanol–water partition coefficient (Wildman–Crippen LogP) is 1.49. The molecule has 0 aliphatic carbocycles. The molecule has 0 saturated carbocycles. The summed E-state index contributed by atoms with van der Waals surface area (Å²) < 4.78 is 31.0. The van der Waals surface area contributed by atoms with Gasteiger partial charge in [0.1, 0.15) is 0 Å². The monoisotopic (exact) mass is 429 g/mol. The molecule has 1 fully saturated rings. The lowest BCUT2D eigenvalue weighted by molar-refractivity contribution is 0.0115. The van der Waals surface area contributed by atoms with E-state index >= 15 is 0 Å². The molecule has 31 heavy (non-hydrogen) atoms. The number of nitrogens with one attached hydrogen (secondary N) is 1. The number of hydrogen-bond donors (Lipinski definition) is 1. The number of hydrogen-bond acceptors (Lipinski definition) is 5. The summed E-state index contributed by atoms with van der Waals surface area (Å²) in [5.41, 5.74) is 1.00. The smallest absolute Gasteiger partial charge is 0.290 e. The molecule has 2 amide bonds. The number of halogens is 2. The van der Waals surface area contributed by atoms with Gasteiger partial charge in [-0.2, -0.15) is 0 Å². The number of rotatable bonds is 6. The number of aromatic nitrogens is 5. The highest BCUT2D eigenvalue weighted by molar-refractivity contribution is 5.92. The van der Waals surface area contributed by atoms with Crippen molar-refractivity contribution in [3.8, 4) is 0 Å². The Morgan fingerprint density at radius 3 is 2.74 bits per heavy atom. The van der Waals surface area contributed by atoms with Gasteiger partial charge in [-0.1, -0.05) is 35.5 Å². The third-order valence-electron chi connectivity index (χ3n) is 5.12. The Hall–Kier alpha value is -3.63. The van der Waals surface area contributed by atoms with E-state index in [1.807, 2.05) is 30.3 Å². The number of benzene rings is 1. The maximum atomic E-state index is 14.1. The molecule has 162 valence electrons. The van der Waals surface area contributed by atoms with Crippen molar-refractivity contribution in [2.45, 2.75) is 31.5 Å². The Morgan fingerprint density at radius 2 is 2.03 bits per heavy atom. The first kappa shape index (κ1) is 20.6. The molecule has 0 unspecified atom stereocenters. The van der Waals surface area contributed by atoms with Gasteiger partial charge in [-0.05, 0) is 5.56 Å². The zero-order chi connectivity index (χ0) is 22.0. The van der Waals surface area contributed by atoms with E-state index in [1.165, 1.54) is 21.6 Å². The van der Waals surface area contributed by atoms with Crippen molar-refractivity contribution >= 4 is 11.8 Å². The number of likely N-dealkylation sites (tertiary alicyclic amines) is 1. The molecule has 1 saturated heterocycles. The molecule has 1 aliphatic heterocycles. The fraction of sp³-hybridized carbons (Fsp3) is 0.350. The third-order valence-corrected chi connectivity index (χ3v) is 5.12. The zero-order valence-electron chi connectivity index (χ0n) is 16.8. The van der Waals surface area contributed by atoms with Crippen LogP contribution in [0.2, 0.25) is 0 Å². The number of aryl methyl sites for hydroxylation is 1. The van der Waals surface area contributed by atoms with E-state index in [4.69, 9.17) is 0 Å². The molecule has 1 N–H and O–H groups in total. The summed E-state index contributed by atoms with van der Waals surface area (Å²) >= 11 is 0.